The van der Waals surface area contributed by atoms with Crippen molar-refractivity contribution in [1.82, 2.24) is 4.90 Å². The summed E-state index contributed by atoms with van der Waals surface area (Å²) >= 11 is 6.07. The van der Waals surface area contributed by atoms with Crippen molar-refractivity contribution < 1.29 is 5.21 Å². The second-order valence-corrected chi connectivity index (χ2v) is 5.74. The topological polar surface area (TPSA) is 65.1 Å². The van der Waals surface area contributed by atoms with Crippen LogP contribution in [0.25, 0.3) is 0 Å². The second-order valence-electron chi connectivity index (χ2n) is 5.30. The first-order valence-electron chi connectivity index (χ1n) is 6.71. The van der Waals surface area contributed by atoms with Gasteiger partial charge in [-0.2, -0.15) is 0 Å². The average Bonchev–Trinajstić information content (AvgIpc) is 2.83. The minimum Gasteiger partial charge on any atom is -0.409 e. The molecule has 0 radical (unpaired) electrons. The molecule has 1 saturated heterocycles. The predicted octanol–water partition coefficient (Wildman–Crippen LogP) is 1.96. The predicted molar refractivity (Wildman–Crippen MR) is 82.9 cm³/mol. The Balaban J connectivity index is 2.23. The van der Waals surface area contributed by atoms with Crippen LogP contribution in [0.15, 0.2) is 23.4 Å². The lowest BCUT2D eigenvalue weighted by atomic mass is 10.1. The van der Waals surface area contributed by atoms with Crippen molar-refractivity contribution in [2.24, 2.45) is 10.9 Å². The molecule has 1 heterocycles. The molecular formula is C14H21ClN4O. The molecule has 1 aromatic rings. The van der Waals surface area contributed by atoms with Crippen molar-refractivity contribution in [1.29, 1.82) is 0 Å². The maximum atomic E-state index is 8.89. The van der Waals surface area contributed by atoms with E-state index in [1.807, 2.05) is 13.1 Å². The molecule has 0 bridgehead atoms. The highest BCUT2D eigenvalue weighted by Gasteiger charge is 2.23. The maximum Gasteiger partial charge on any atom is 0.172 e. The van der Waals surface area contributed by atoms with Gasteiger partial charge in [0.25, 0.3) is 0 Å². The number of benzene rings is 1. The van der Waals surface area contributed by atoms with Crippen LogP contribution in [0.1, 0.15) is 18.4 Å². The summed E-state index contributed by atoms with van der Waals surface area (Å²) in [4.78, 5) is 4.48. The van der Waals surface area contributed by atoms with Crippen LogP contribution in [-0.2, 0) is 0 Å². The van der Waals surface area contributed by atoms with Crippen LogP contribution in [-0.4, -0.2) is 49.2 Å². The number of nitrogens with zero attached hydrogens (tertiary/aromatic N) is 3. The quantitative estimate of drug-likeness (QED) is 0.386. The summed E-state index contributed by atoms with van der Waals surface area (Å²) in [6.07, 6.45) is 2.43. The normalized spacial score (nSPS) is 20.4. The number of likely N-dealkylation sites (N-methyl/N-ethyl adjacent to an activating group) is 2. The van der Waals surface area contributed by atoms with Gasteiger partial charge in [0.05, 0.1) is 0 Å². The zero-order chi connectivity index (χ0) is 14.7. The first-order valence-corrected chi connectivity index (χ1v) is 7.09. The minimum atomic E-state index is 0.100. The van der Waals surface area contributed by atoms with Gasteiger partial charge in [-0.05, 0) is 44.6 Å². The summed E-state index contributed by atoms with van der Waals surface area (Å²) in [5.41, 5.74) is 7.32. The fourth-order valence-electron chi connectivity index (χ4n) is 2.72. The standard InChI is InChI=1S/C14H21ClN4O/c1-18-7-3-4-11(18)9-19(2)13-8-10(15)5-6-12(13)14(16)17-20/h5-6,8,11,20H,3-4,7,9H2,1-2H3,(H2,16,17). The summed E-state index contributed by atoms with van der Waals surface area (Å²) in [5, 5.41) is 12.6. The van der Waals surface area contributed by atoms with E-state index in [0.717, 1.165) is 18.8 Å². The first kappa shape index (κ1) is 14.9. The lowest BCUT2D eigenvalue weighted by Crippen LogP contribution is -2.37. The van der Waals surface area contributed by atoms with E-state index in [1.165, 1.54) is 12.8 Å². The summed E-state index contributed by atoms with van der Waals surface area (Å²) in [6, 6.07) is 5.90. The van der Waals surface area contributed by atoms with Gasteiger partial charge >= 0.3 is 0 Å². The number of oxime groups is 1. The molecule has 0 aliphatic carbocycles. The number of halogens is 1. The number of nitrogens with two attached hydrogens (primary N) is 1. The van der Waals surface area contributed by atoms with E-state index in [0.29, 0.717) is 16.6 Å². The number of likely N-dealkylation sites (tertiary alicyclic amines) is 1. The Hall–Kier alpha value is -1.46. The largest absolute Gasteiger partial charge is 0.409 e. The summed E-state index contributed by atoms with van der Waals surface area (Å²) in [6.45, 7) is 2.03. The number of amidine groups is 1. The Kier molecular flexibility index (Phi) is 4.73. The SMILES string of the molecule is CN(CC1CCCN1C)c1cc(Cl)ccc1C(N)=NO. The van der Waals surface area contributed by atoms with Crippen LogP contribution in [0.5, 0.6) is 0 Å². The fraction of sp³-hybridized carbons (Fsp3) is 0.500. The first-order chi connectivity index (χ1) is 9.52. The van der Waals surface area contributed by atoms with Crippen molar-refractivity contribution >= 4 is 23.1 Å². The summed E-state index contributed by atoms with van der Waals surface area (Å²) in [7, 11) is 4.15. The summed E-state index contributed by atoms with van der Waals surface area (Å²) < 4.78 is 0. The molecule has 2 rings (SSSR count). The molecule has 20 heavy (non-hydrogen) atoms. The molecule has 1 unspecified atom stereocenters. The molecule has 1 aliphatic rings. The van der Waals surface area contributed by atoms with Gasteiger partial charge in [0.15, 0.2) is 5.84 Å². The molecule has 6 heteroatoms. The van der Waals surface area contributed by atoms with E-state index in [1.54, 1.807) is 12.1 Å². The van der Waals surface area contributed by atoms with Crippen LogP contribution < -0.4 is 10.6 Å². The Labute approximate surface area is 124 Å². The number of hydrogen-bond donors (Lipinski definition) is 2. The fourth-order valence-corrected chi connectivity index (χ4v) is 2.88. The van der Waals surface area contributed by atoms with Crippen LogP contribution in [0.2, 0.25) is 5.02 Å². The molecule has 5 nitrogen and oxygen atoms in total. The summed E-state index contributed by atoms with van der Waals surface area (Å²) in [5.74, 6) is 0.100. The van der Waals surface area contributed by atoms with Crippen LogP contribution in [0.3, 0.4) is 0 Å². The van der Waals surface area contributed by atoms with Crippen molar-refractivity contribution in [2.45, 2.75) is 18.9 Å². The molecule has 0 saturated carbocycles. The molecule has 0 amide bonds. The highest BCUT2D eigenvalue weighted by atomic mass is 35.5. The minimum absolute atomic E-state index is 0.100. The van der Waals surface area contributed by atoms with E-state index in [2.05, 4.69) is 22.0 Å². The molecule has 1 atom stereocenters. The molecule has 1 aliphatic heterocycles. The average molecular weight is 297 g/mol. The number of rotatable bonds is 4. The highest BCUT2D eigenvalue weighted by molar-refractivity contribution is 6.31. The second kappa shape index (κ2) is 6.33. The zero-order valence-corrected chi connectivity index (χ0v) is 12.6. The van der Waals surface area contributed by atoms with Gasteiger partial charge in [-0.1, -0.05) is 16.8 Å². The van der Waals surface area contributed by atoms with Crippen molar-refractivity contribution in [3.63, 3.8) is 0 Å². The molecule has 0 spiro atoms. The third kappa shape index (κ3) is 3.16. The van der Waals surface area contributed by atoms with E-state index >= 15 is 0 Å². The highest BCUT2D eigenvalue weighted by Crippen LogP contribution is 2.26. The smallest absolute Gasteiger partial charge is 0.172 e. The molecular weight excluding hydrogens is 276 g/mol. The molecule has 1 aromatic carbocycles. The molecule has 0 aromatic heterocycles. The van der Waals surface area contributed by atoms with Crippen LogP contribution in [0.4, 0.5) is 5.69 Å². The van der Waals surface area contributed by atoms with Gasteiger partial charge in [0.1, 0.15) is 0 Å². The Morgan fingerprint density at radius 3 is 2.95 bits per heavy atom. The van der Waals surface area contributed by atoms with Crippen molar-refractivity contribution in [3.8, 4) is 0 Å². The lowest BCUT2D eigenvalue weighted by Gasteiger charge is -2.28. The Morgan fingerprint density at radius 1 is 1.60 bits per heavy atom. The Morgan fingerprint density at radius 2 is 2.35 bits per heavy atom. The lowest BCUT2D eigenvalue weighted by molar-refractivity contribution is 0.314. The molecule has 110 valence electrons. The van der Waals surface area contributed by atoms with E-state index in [9.17, 15) is 0 Å². The van der Waals surface area contributed by atoms with Crippen LogP contribution >= 0.6 is 11.6 Å². The zero-order valence-electron chi connectivity index (χ0n) is 11.9. The monoisotopic (exact) mass is 296 g/mol. The van der Waals surface area contributed by atoms with Gasteiger partial charge in [0, 0.05) is 35.9 Å². The van der Waals surface area contributed by atoms with Crippen molar-refractivity contribution in [2.75, 3.05) is 32.1 Å². The van der Waals surface area contributed by atoms with Gasteiger partial charge < -0.3 is 20.7 Å². The van der Waals surface area contributed by atoms with E-state index in [4.69, 9.17) is 22.5 Å². The van der Waals surface area contributed by atoms with Gasteiger partial charge in [-0.25, -0.2) is 0 Å². The van der Waals surface area contributed by atoms with E-state index in [-0.39, 0.29) is 5.84 Å². The van der Waals surface area contributed by atoms with Gasteiger partial charge in [-0.15, -0.1) is 0 Å². The maximum absolute atomic E-state index is 8.89. The van der Waals surface area contributed by atoms with Crippen molar-refractivity contribution in [3.05, 3.63) is 28.8 Å². The molecule has 1 fully saturated rings. The Bertz CT molecular complexity index is 506. The van der Waals surface area contributed by atoms with E-state index < -0.39 is 0 Å². The molecule has 3 N–H and O–H groups in total. The van der Waals surface area contributed by atoms with Gasteiger partial charge in [0.2, 0.25) is 0 Å². The van der Waals surface area contributed by atoms with Gasteiger partial charge in [-0.3, -0.25) is 0 Å². The van der Waals surface area contributed by atoms with Crippen LogP contribution in [0, 0.1) is 0 Å². The number of hydrogen-bond acceptors (Lipinski definition) is 4. The number of anilines is 1. The third-order valence-electron chi connectivity index (χ3n) is 3.91. The third-order valence-corrected chi connectivity index (χ3v) is 4.15.